The SMILES string of the molecule is O=C1CCC(C(=O)N2CCN(C(=O)Cc3cccs3)CC2)N1. The number of hydrogen-bond donors (Lipinski definition) is 1. The molecule has 0 saturated carbocycles. The molecule has 0 aromatic carbocycles. The van der Waals surface area contributed by atoms with Crippen molar-refractivity contribution < 1.29 is 14.4 Å². The van der Waals surface area contributed by atoms with E-state index in [1.54, 1.807) is 16.2 Å². The van der Waals surface area contributed by atoms with E-state index in [-0.39, 0.29) is 23.8 Å². The maximum absolute atomic E-state index is 12.3. The maximum Gasteiger partial charge on any atom is 0.245 e. The zero-order valence-electron chi connectivity index (χ0n) is 12.3. The van der Waals surface area contributed by atoms with Gasteiger partial charge in [-0.25, -0.2) is 0 Å². The molecule has 3 heterocycles. The Bertz CT molecular complexity index is 565. The van der Waals surface area contributed by atoms with Gasteiger partial charge in [0.05, 0.1) is 6.42 Å². The first-order valence-corrected chi connectivity index (χ1v) is 8.40. The van der Waals surface area contributed by atoms with Crippen LogP contribution in [-0.2, 0) is 20.8 Å². The molecule has 0 radical (unpaired) electrons. The number of hydrogen-bond acceptors (Lipinski definition) is 4. The summed E-state index contributed by atoms with van der Waals surface area (Å²) in [7, 11) is 0. The quantitative estimate of drug-likeness (QED) is 0.867. The second-order valence-electron chi connectivity index (χ2n) is 5.62. The van der Waals surface area contributed by atoms with E-state index in [4.69, 9.17) is 0 Å². The number of carbonyl (C=O) groups is 3. The van der Waals surface area contributed by atoms with E-state index >= 15 is 0 Å². The molecule has 0 aliphatic carbocycles. The van der Waals surface area contributed by atoms with Gasteiger partial charge < -0.3 is 15.1 Å². The number of rotatable bonds is 3. The minimum absolute atomic E-state index is 0.0174. The first-order chi connectivity index (χ1) is 10.6. The van der Waals surface area contributed by atoms with Gasteiger partial charge in [0.15, 0.2) is 0 Å². The molecule has 2 aliphatic rings. The number of thiophene rings is 1. The number of piperazine rings is 1. The Morgan fingerprint density at radius 2 is 1.95 bits per heavy atom. The summed E-state index contributed by atoms with van der Waals surface area (Å²) in [6.45, 7) is 2.22. The molecule has 118 valence electrons. The van der Waals surface area contributed by atoms with Gasteiger partial charge in [0.2, 0.25) is 17.7 Å². The predicted molar refractivity (Wildman–Crippen MR) is 82.3 cm³/mol. The average Bonchev–Trinajstić information content (AvgIpc) is 3.18. The summed E-state index contributed by atoms with van der Waals surface area (Å²) in [5, 5.41) is 4.67. The van der Waals surface area contributed by atoms with Crippen molar-refractivity contribution in [1.29, 1.82) is 0 Å². The van der Waals surface area contributed by atoms with E-state index < -0.39 is 0 Å². The largest absolute Gasteiger partial charge is 0.344 e. The van der Waals surface area contributed by atoms with Crippen molar-refractivity contribution >= 4 is 29.1 Å². The maximum atomic E-state index is 12.3. The number of carbonyl (C=O) groups excluding carboxylic acids is 3. The van der Waals surface area contributed by atoms with Crippen molar-refractivity contribution in [3.8, 4) is 0 Å². The number of nitrogens with one attached hydrogen (secondary N) is 1. The van der Waals surface area contributed by atoms with Crippen LogP contribution < -0.4 is 5.32 Å². The lowest BCUT2D eigenvalue weighted by molar-refractivity contribution is -0.140. The lowest BCUT2D eigenvalue weighted by Crippen LogP contribution is -2.54. The van der Waals surface area contributed by atoms with Gasteiger partial charge in [-0.1, -0.05) is 6.07 Å². The fourth-order valence-electron chi connectivity index (χ4n) is 2.87. The molecule has 2 aliphatic heterocycles. The third kappa shape index (κ3) is 3.30. The first-order valence-electron chi connectivity index (χ1n) is 7.52. The molecule has 6 nitrogen and oxygen atoms in total. The molecular formula is C15H19N3O3S. The van der Waals surface area contributed by atoms with Gasteiger partial charge >= 0.3 is 0 Å². The fraction of sp³-hybridized carbons (Fsp3) is 0.533. The monoisotopic (exact) mass is 321 g/mol. The lowest BCUT2D eigenvalue weighted by Gasteiger charge is -2.35. The van der Waals surface area contributed by atoms with Crippen LogP contribution in [0.1, 0.15) is 17.7 Å². The summed E-state index contributed by atoms with van der Waals surface area (Å²) < 4.78 is 0. The van der Waals surface area contributed by atoms with Crippen molar-refractivity contribution in [1.82, 2.24) is 15.1 Å². The lowest BCUT2D eigenvalue weighted by atomic mass is 10.2. The number of nitrogens with zero attached hydrogens (tertiary/aromatic N) is 2. The summed E-state index contributed by atoms with van der Waals surface area (Å²) >= 11 is 1.59. The molecule has 0 bridgehead atoms. The number of amides is 3. The van der Waals surface area contributed by atoms with Gasteiger partial charge in [0.1, 0.15) is 6.04 Å². The average molecular weight is 321 g/mol. The van der Waals surface area contributed by atoms with Crippen molar-refractivity contribution in [3.05, 3.63) is 22.4 Å². The molecule has 2 fully saturated rings. The second kappa shape index (κ2) is 6.48. The highest BCUT2D eigenvalue weighted by Gasteiger charge is 2.32. The summed E-state index contributed by atoms with van der Waals surface area (Å²) in [6, 6.07) is 3.53. The molecule has 2 saturated heterocycles. The summed E-state index contributed by atoms with van der Waals surface area (Å²) in [5.41, 5.74) is 0. The van der Waals surface area contributed by atoms with Crippen LogP contribution in [0, 0.1) is 0 Å². The minimum Gasteiger partial charge on any atom is -0.344 e. The molecular weight excluding hydrogens is 302 g/mol. The van der Waals surface area contributed by atoms with E-state index in [9.17, 15) is 14.4 Å². The third-order valence-corrected chi connectivity index (χ3v) is 5.02. The zero-order valence-corrected chi connectivity index (χ0v) is 13.1. The fourth-order valence-corrected chi connectivity index (χ4v) is 3.57. The Morgan fingerprint density at radius 3 is 2.55 bits per heavy atom. The smallest absolute Gasteiger partial charge is 0.245 e. The summed E-state index contributed by atoms with van der Waals surface area (Å²) in [5.74, 6) is 0.0445. The van der Waals surface area contributed by atoms with Crippen molar-refractivity contribution in [2.75, 3.05) is 26.2 Å². The Balaban J connectivity index is 1.48. The second-order valence-corrected chi connectivity index (χ2v) is 6.65. The van der Waals surface area contributed by atoms with Crippen molar-refractivity contribution in [3.63, 3.8) is 0 Å². The highest BCUT2D eigenvalue weighted by atomic mass is 32.1. The molecule has 3 amide bonds. The summed E-state index contributed by atoms with van der Waals surface area (Å²) in [4.78, 5) is 40.3. The van der Waals surface area contributed by atoms with Crippen LogP contribution in [-0.4, -0.2) is 59.7 Å². The van der Waals surface area contributed by atoms with Crippen LogP contribution in [0.2, 0.25) is 0 Å². The highest BCUT2D eigenvalue weighted by Crippen LogP contribution is 2.14. The Hall–Kier alpha value is -1.89. The molecule has 7 heteroatoms. The van der Waals surface area contributed by atoms with E-state index in [1.165, 1.54) is 0 Å². The van der Waals surface area contributed by atoms with Crippen molar-refractivity contribution in [2.45, 2.75) is 25.3 Å². The van der Waals surface area contributed by atoms with Crippen LogP contribution in [0.4, 0.5) is 0 Å². The predicted octanol–water partition coefficient (Wildman–Crippen LogP) is 0.240. The van der Waals surface area contributed by atoms with Crippen LogP contribution in [0.25, 0.3) is 0 Å². The van der Waals surface area contributed by atoms with Crippen LogP contribution in [0.15, 0.2) is 17.5 Å². The van der Waals surface area contributed by atoms with Gasteiger partial charge in [-0.15, -0.1) is 11.3 Å². The molecule has 1 aromatic rings. The van der Waals surface area contributed by atoms with Crippen molar-refractivity contribution in [2.24, 2.45) is 0 Å². The third-order valence-electron chi connectivity index (χ3n) is 4.14. The van der Waals surface area contributed by atoms with Gasteiger partial charge in [-0.3, -0.25) is 14.4 Å². The van der Waals surface area contributed by atoms with Gasteiger partial charge in [-0.05, 0) is 17.9 Å². The van der Waals surface area contributed by atoms with Crippen LogP contribution in [0.5, 0.6) is 0 Å². The van der Waals surface area contributed by atoms with E-state index in [1.807, 2.05) is 22.4 Å². The van der Waals surface area contributed by atoms with E-state index in [2.05, 4.69) is 5.32 Å². The minimum atomic E-state index is -0.374. The molecule has 1 unspecified atom stereocenters. The van der Waals surface area contributed by atoms with E-state index in [0.717, 1.165) is 4.88 Å². The zero-order chi connectivity index (χ0) is 15.5. The molecule has 22 heavy (non-hydrogen) atoms. The molecule has 3 rings (SSSR count). The van der Waals surface area contributed by atoms with Gasteiger partial charge in [0, 0.05) is 37.5 Å². The Kier molecular flexibility index (Phi) is 4.42. The van der Waals surface area contributed by atoms with E-state index in [0.29, 0.717) is 45.4 Å². The van der Waals surface area contributed by atoms with Gasteiger partial charge in [0.25, 0.3) is 0 Å². The molecule has 0 spiro atoms. The van der Waals surface area contributed by atoms with Gasteiger partial charge in [-0.2, -0.15) is 0 Å². The highest BCUT2D eigenvalue weighted by molar-refractivity contribution is 7.10. The molecule has 1 atom stereocenters. The molecule has 1 aromatic heterocycles. The first kappa shape index (κ1) is 15.0. The normalized spacial score (nSPS) is 21.8. The Morgan fingerprint density at radius 1 is 1.23 bits per heavy atom. The van der Waals surface area contributed by atoms with Crippen LogP contribution >= 0.6 is 11.3 Å². The van der Waals surface area contributed by atoms with Crippen LogP contribution in [0.3, 0.4) is 0 Å². The topological polar surface area (TPSA) is 69.7 Å². The molecule has 1 N–H and O–H groups in total. The standard InChI is InChI=1S/C15H19N3O3S/c19-13-4-3-12(16-13)15(21)18-7-5-17(6-8-18)14(20)10-11-2-1-9-22-11/h1-2,9,12H,3-8,10H2,(H,16,19). The Labute approximate surface area is 133 Å². The summed E-state index contributed by atoms with van der Waals surface area (Å²) in [6.07, 6.45) is 1.44.